The SMILES string of the molecule is CCOC(=O)CCS(=O)(=O)N1CCCC1C(=O)N1CCOCC1. The van der Waals surface area contributed by atoms with Gasteiger partial charge in [0.2, 0.25) is 15.9 Å². The standard InChI is InChI=1S/C14H24N2O6S/c1-2-22-13(17)5-11-23(19,20)16-6-3-4-12(16)14(18)15-7-9-21-10-8-15/h12H,2-11H2,1H3. The van der Waals surface area contributed by atoms with Crippen LogP contribution in [0.25, 0.3) is 0 Å². The van der Waals surface area contributed by atoms with Gasteiger partial charge < -0.3 is 14.4 Å². The Kier molecular flexibility index (Phi) is 6.37. The number of carbonyl (C=O) groups is 2. The van der Waals surface area contributed by atoms with Crippen LogP contribution in [0, 0.1) is 0 Å². The molecule has 132 valence electrons. The molecule has 0 aromatic heterocycles. The Labute approximate surface area is 136 Å². The molecule has 8 nitrogen and oxygen atoms in total. The van der Waals surface area contributed by atoms with Crippen LogP contribution >= 0.6 is 0 Å². The van der Waals surface area contributed by atoms with Crippen LogP contribution in [0.4, 0.5) is 0 Å². The summed E-state index contributed by atoms with van der Waals surface area (Å²) in [5.41, 5.74) is 0. The molecule has 0 radical (unpaired) electrons. The highest BCUT2D eigenvalue weighted by atomic mass is 32.2. The Hall–Kier alpha value is -1.19. The molecule has 0 bridgehead atoms. The molecule has 2 heterocycles. The molecular formula is C14H24N2O6S. The topological polar surface area (TPSA) is 93.2 Å². The van der Waals surface area contributed by atoms with Gasteiger partial charge in [-0.3, -0.25) is 9.59 Å². The maximum absolute atomic E-state index is 12.6. The molecule has 2 fully saturated rings. The summed E-state index contributed by atoms with van der Waals surface area (Å²) in [6, 6.07) is -0.653. The van der Waals surface area contributed by atoms with E-state index in [1.54, 1.807) is 11.8 Å². The van der Waals surface area contributed by atoms with Gasteiger partial charge in [-0.25, -0.2) is 8.42 Å². The van der Waals surface area contributed by atoms with E-state index < -0.39 is 22.0 Å². The number of nitrogens with zero attached hydrogens (tertiary/aromatic N) is 2. The number of hydrogen-bond acceptors (Lipinski definition) is 6. The first kappa shape index (κ1) is 18.2. The van der Waals surface area contributed by atoms with Gasteiger partial charge >= 0.3 is 5.97 Å². The van der Waals surface area contributed by atoms with E-state index in [0.717, 1.165) is 0 Å². The maximum Gasteiger partial charge on any atom is 0.306 e. The van der Waals surface area contributed by atoms with Gasteiger partial charge in [-0.05, 0) is 19.8 Å². The van der Waals surface area contributed by atoms with E-state index in [4.69, 9.17) is 9.47 Å². The molecule has 0 aromatic rings. The van der Waals surface area contributed by atoms with Gasteiger partial charge in [0.1, 0.15) is 6.04 Å². The zero-order valence-electron chi connectivity index (χ0n) is 13.4. The minimum atomic E-state index is -3.65. The van der Waals surface area contributed by atoms with Crippen LogP contribution in [0.2, 0.25) is 0 Å². The molecule has 0 N–H and O–H groups in total. The Morgan fingerprint density at radius 2 is 1.91 bits per heavy atom. The van der Waals surface area contributed by atoms with Crippen molar-refractivity contribution in [2.75, 3.05) is 45.2 Å². The lowest BCUT2D eigenvalue weighted by Gasteiger charge is -2.32. The summed E-state index contributed by atoms with van der Waals surface area (Å²) in [7, 11) is -3.65. The third kappa shape index (κ3) is 4.65. The van der Waals surface area contributed by atoms with Crippen LogP contribution in [-0.2, 0) is 29.1 Å². The van der Waals surface area contributed by atoms with Crippen molar-refractivity contribution >= 4 is 21.9 Å². The molecule has 2 aliphatic rings. The van der Waals surface area contributed by atoms with Crippen molar-refractivity contribution in [1.82, 2.24) is 9.21 Å². The first-order valence-electron chi connectivity index (χ1n) is 7.97. The number of amides is 1. The first-order chi connectivity index (χ1) is 11.0. The third-order valence-electron chi connectivity index (χ3n) is 4.04. The number of rotatable bonds is 6. The van der Waals surface area contributed by atoms with Gasteiger partial charge in [0.15, 0.2) is 0 Å². The summed E-state index contributed by atoms with van der Waals surface area (Å²) in [5, 5.41) is 0. The minimum absolute atomic E-state index is 0.162. The molecule has 0 saturated carbocycles. The van der Waals surface area contributed by atoms with Crippen LogP contribution in [0.3, 0.4) is 0 Å². The smallest absolute Gasteiger partial charge is 0.306 e. The number of hydrogen-bond donors (Lipinski definition) is 0. The lowest BCUT2D eigenvalue weighted by atomic mass is 10.2. The second-order valence-corrected chi connectivity index (χ2v) is 7.62. The maximum atomic E-state index is 12.6. The molecule has 1 atom stereocenters. The van der Waals surface area contributed by atoms with Gasteiger partial charge in [0.05, 0.1) is 32.0 Å². The van der Waals surface area contributed by atoms with Crippen LogP contribution in [-0.4, -0.2) is 80.7 Å². The van der Waals surface area contributed by atoms with Crippen molar-refractivity contribution in [3.05, 3.63) is 0 Å². The quantitative estimate of drug-likeness (QED) is 0.606. The van der Waals surface area contributed by atoms with Crippen molar-refractivity contribution in [3.8, 4) is 0 Å². The molecule has 0 aromatic carbocycles. The number of esters is 1. The van der Waals surface area contributed by atoms with E-state index in [2.05, 4.69) is 0 Å². The molecule has 1 amide bonds. The average molecular weight is 348 g/mol. The van der Waals surface area contributed by atoms with Crippen molar-refractivity contribution < 1.29 is 27.5 Å². The molecule has 0 aliphatic carbocycles. The molecule has 1 unspecified atom stereocenters. The third-order valence-corrected chi connectivity index (χ3v) is 5.91. The Balaban J connectivity index is 1.99. The van der Waals surface area contributed by atoms with E-state index in [-0.39, 0.29) is 24.7 Å². The van der Waals surface area contributed by atoms with Crippen LogP contribution in [0.5, 0.6) is 0 Å². The largest absolute Gasteiger partial charge is 0.466 e. The molecule has 2 saturated heterocycles. The van der Waals surface area contributed by atoms with Crippen molar-refractivity contribution in [1.29, 1.82) is 0 Å². The normalized spacial score (nSPS) is 23.0. The van der Waals surface area contributed by atoms with E-state index in [9.17, 15) is 18.0 Å². The Morgan fingerprint density at radius 1 is 1.22 bits per heavy atom. The monoisotopic (exact) mass is 348 g/mol. The van der Waals surface area contributed by atoms with Gasteiger partial charge in [0, 0.05) is 19.6 Å². The number of ether oxygens (including phenoxy) is 2. The zero-order valence-corrected chi connectivity index (χ0v) is 14.2. The zero-order chi connectivity index (χ0) is 16.9. The van der Waals surface area contributed by atoms with Gasteiger partial charge in [0.25, 0.3) is 0 Å². The highest BCUT2D eigenvalue weighted by Gasteiger charge is 2.40. The predicted molar refractivity (Wildman–Crippen MR) is 82.2 cm³/mol. The molecule has 2 rings (SSSR count). The first-order valence-corrected chi connectivity index (χ1v) is 9.58. The fourth-order valence-corrected chi connectivity index (χ4v) is 4.53. The Bertz CT molecular complexity index is 529. The average Bonchev–Trinajstić information content (AvgIpc) is 3.04. The Morgan fingerprint density at radius 3 is 2.57 bits per heavy atom. The second-order valence-electron chi connectivity index (χ2n) is 5.58. The number of carbonyl (C=O) groups excluding carboxylic acids is 2. The fraction of sp³-hybridized carbons (Fsp3) is 0.857. The van der Waals surface area contributed by atoms with Crippen molar-refractivity contribution in [2.45, 2.75) is 32.2 Å². The van der Waals surface area contributed by atoms with Crippen LogP contribution in [0.15, 0.2) is 0 Å². The van der Waals surface area contributed by atoms with Crippen molar-refractivity contribution in [3.63, 3.8) is 0 Å². The second kappa shape index (κ2) is 8.07. The van der Waals surface area contributed by atoms with E-state index in [0.29, 0.717) is 45.7 Å². The summed E-state index contributed by atoms with van der Waals surface area (Å²) in [4.78, 5) is 25.6. The highest BCUT2D eigenvalue weighted by molar-refractivity contribution is 7.89. The summed E-state index contributed by atoms with van der Waals surface area (Å²) in [6.45, 7) is 4.16. The van der Waals surface area contributed by atoms with Gasteiger partial charge in [-0.1, -0.05) is 0 Å². The number of sulfonamides is 1. The number of morpholine rings is 1. The van der Waals surface area contributed by atoms with Crippen LogP contribution < -0.4 is 0 Å². The molecule has 23 heavy (non-hydrogen) atoms. The summed E-state index contributed by atoms with van der Waals surface area (Å²) >= 11 is 0. The predicted octanol–water partition coefficient (Wildman–Crippen LogP) is -0.407. The van der Waals surface area contributed by atoms with E-state index in [1.165, 1.54) is 4.31 Å². The summed E-state index contributed by atoms with van der Waals surface area (Å²) in [5.74, 6) is -1.02. The van der Waals surface area contributed by atoms with Gasteiger partial charge in [-0.15, -0.1) is 0 Å². The van der Waals surface area contributed by atoms with E-state index in [1.807, 2.05) is 0 Å². The highest BCUT2D eigenvalue weighted by Crippen LogP contribution is 2.24. The summed E-state index contributed by atoms with van der Waals surface area (Å²) < 4.78 is 36.2. The minimum Gasteiger partial charge on any atom is -0.466 e. The van der Waals surface area contributed by atoms with Crippen LogP contribution in [0.1, 0.15) is 26.2 Å². The summed E-state index contributed by atoms with van der Waals surface area (Å²) in [6.07, 6.45) is 0.985. The van der Waals surface area contributed by atoms with E-state index >= 15 is 0 Å². The lowest BCUT2D eigenvalue weighted by Crippen LogP contribution is -2.51. The molecule has 2 aliphatic heterocycles. The van der Waals surface area contributed by atoms with Gasteiger partial charge in [-0.2, -0.15) is 4.31 Å². The molecular weight excluding hydrogens is 324 g/mol. The van der Waals surface area contributed by atoms with Crippen molar-refractivity contribution in [2.24, 2.45) is 0 Å². The lowest BCUT2D eigenvalue weighted by molar-refractivity contribution is -0.142. The molecule has 0 spiro atoms. The molecule has 9 heteroatoms. The fourth-order valence-electron chi connectivity index (χ4n) is 2.88.